The van der Waals surface area contributed by atoms with Gasteiger partial charge in [-0.25, -0.2) is 0 Å². The second-order valence-electron chi connectivity index (χ2n) is 14.5. The average Bonchev–Trinajstić information content (AvgIpc) is 3.82. The van der Waals surface area contributed by atoms with Gasteiger partial charge in [0.05, 0.1) is 5.60 Å². The standard InChI is InChI=1S/C27H36NOSi.C16H12N.2ClH.Zr/c1-27(2,3)29-18-12-6-7-13-19-30(5)26-21-15-9-8-14-20(21)25-24(26)22-16-10-11-17-23(22)28(25)4;1-17-15-9-5-4-8-13(15)14-10-11-6-2-3-7-12(11)16(14)17;;;/h8-11,14-17,30H,6-7,12-13,18-19H2,1-5H3;2-10H,1H3;2*1H;/q2*-1;;;+4/p-2. The number of hydrogen-bond acceptors (Lipinski definition) is 1. The molecule has 0 aliphatic rings. The summed E-state index contributed by atoms with van der Waals surface area (Å²) in [4.78, 5) is 0. The molecule has 0 spiro atoms. The van der Waals surface area contributed by atoms with Crippen LogP contribution in [0, 0.1) is 0 Å². The molecule has 2 aromatic heterocycles. The summed E-state index contributed by atoms with van der Waals surface area (Å²) < 4.78 is 10.6. The fourth-order valence-electron chi connectivity index (χ4n) is 7.87. The van der Waals surface area contributed by atoms with Crippen LogP contribution in [0.5, 0.6) is 0 Å². The molecule has 0 saturated carbocycles. The summed E-state index contributed by atoms with van der Waals surface area (Å²) >= 11 is -0.826. The fourth-order valence-corrected chi connectivity index (χ4v) is 10.6. The minimum atomic E-state index is -1.04. The number of halogens is 2. The van der Waals surface area contributed by atoms with Crippen molar-refractivity contribution in [2.45, 2.75) is 64.6 Å². The van der Waals surface area contributed by atoms with E-state index in [1.165, 1.54) is 96.9 Å². The van der Waals surface area contributed by atoms with E-state index in [9.17, 15) is 0 Å². The Morgan fingerprint density at radius 2 is 1.24 bits per heavy atom. The third-order valence-corrected chi connectivity index (χ3v) is 12.9. The van der Waals surface area contributed by atoms with Crippen LogP contribution in [-0.4, -0.2) is 30.1 Å². The number of para-hydroxylation sites is 2. The second-order valence-corrected chi connectivity index (χ2v) is 21.2. The molecule has 8 aromatic rings. The van der Waals surface area contributed by atoms with Crippen molar-refractivity contribution in [3.63, 3.8) is 0 Å². The van der Waals surface area contributed by atoms with Crippen LogP contribution >= 0.6 is 17.0 Å². The Labute approximate surface area is 317 Å². The van der Waals surface area contributed by atoms with Crippen LogP contribution in [0.2, 0.25) is 12.6 Å². The first-order chi connectivity index (χ1) is 24.2. The molecule has 0 N–H and O–H groups in total. The fraction of sp³-hybridized carbons (Fsp3) is 0.302. The molecule has 50 heavy (non-hydrogen) atoms. The van der Waals surface area contributed by atoms with Gasteiger partial charge >= 0.3 is 37.9 Å². The molecule has 258 valence electrons. The molecule has 1 atom stereocenters. The van der Waals surface area contributed by atoms with E-state index in [1.807, 2.05) is 0 Å². The molecule has 0 bridgehead atoms. The number of hydrogen-bond donors (Lipinski definition) is 0. The van der Waals surface area contributed by atoms with Gasteiger partial charge < -0.3 is 13.9 Å². The maximum atomic E-state index is 5.86. The van der Waals surface area contributed by atoms with Gasteiger partial charge in [-0.15, -0.1) is 34.2 Å². The molecule has 6 aromatic carbocycles. The van der Waals surface area contributed by atoms with Crippen LogP contribution in [0.1, 0.15) is 46.5 Å². The van der Waals surface area contributed by atoms with Crippen LogP contribution in [-0.2, 0) is 39.7 Å². The van der Waals surface area contributed by atoms with E-state index in [4.69, 9.17) is 21.8 Å². The Morgan fingerprint density at radius 1 is 0.700 bits per heavy atom. The van der Waals surface area contributed by atoms with Crippen molar-refractivity contribution in [1.29, 1.82) is 0 Å². The Hall–Kier alpha value is -2.66. The zero-order chi connectivity index (χ0) is 35.4. The van der Waals surface area contributed by atoms with Crippen LogP contribution in [0.25, 0.3) is 65.2 Å². The van der Waals surface area contributed by atoms with Crippen LogP contribution in [0.4, 0.5) is 0 Å². The maximum absolute atomic E-state index is 5.86. The predicted octanol–water partition coefficient (Wildman–Crippen LogP) is 12.2. The summed E-state index contributed by atoms with van der Waals surface area (Å²) in [5.74, 6) is 0. The Balaban J connectivity index is 0.000000181. The van der Waals surface area contributed by atoms with E-state index in [0.717, 1.165) is 6.61 Å². The van der Waals surface area contributed by atoms with E-state index in [0.29, 0.717) is 0 Å². The summed E-state index contributed by atoms with van der Waals surface area (Å²) in [6, 6.07) is 38.9. The van der Waals surface area contributed by atoms with Gasteiger partial charge in [0.25, 0.3) is 0 Å². The van der Waals surface area contributed by atoms with Crippen LogP contribution in [0.3, 0.4) is 0 Å². The van der Waals surface area contributed by atoms with E-state index >= 15 is 0 Å². The van der Waals surface area contributed by atoms with Crippen molar-refractivity contribution in [2.24, 2.45) is 14.1 Å². The summed E-state index contributed by atoms with van der Waals surface area (Å²) in [5.41, 5.74) is 5.43. The first-order valence-corrected chi connectivity index (χ1v) is 26.7. The molecule has 0 fully saturated rings. The number of fused-ring (bicyclic) bond motifs is 10. The molecule has 1 unspecified atom stereocenters. The normalized spacial score (nSPS) is 12.4. The SMILES string of the molecule is Cn1c2ccccc2c2[cH-]c3ccccc3c21.Cn1c2ccccc2c2c1c1ccccc1[c-]2[SiH](C)CCCCCCOC(C)(C)C.[Cl][Zr+2][Cl]. The number of ether oxygens (including phenoxy) is 1. The summed E-state index contributed by atoms with van der Waals surface area (Å²) in [6.45, 7) is 9.86. The third kappa shape index (κ3) is 7.59. The molecule has 0 aliphatic carbocycles. The zero-order valence-electron chi connectivity index (χ0n) is 30.2. The summed E-state index contributed by atoms with van der Waals surface area (Å²) in [7, 11) is 13.2. The van der Waals surface area contributed by atoms with Crippen molar-refractivity contribution in [3.8, 4) is 0 Å². The molecule has 0 aliphatic heterocycles. The molecule has 0 amide bonds. The van der Waals surface area contributed by atoms with Crippen molar-refractivity contribution >= 4 is 96.2 Å². The quantitative estimate of drug-likeness (QED) is 0.0851. The van der Waals surface area contributed by atoms with Gasteiger partial charge in [0.2, 0.25) is 0 Å². The first kappa shape index (κ1) is 37.1. The number of unbranched alkanes of at least 4 members (excludes halogenated alkanes) is 3. The summed E-state index contributed by atoms with van der Waals surface area (Å²) in [5, 5.41) is 13.0. The van der Waals surface area contributed by atoms with Crippen molar-refractivity contribution < 1.29 is 25.6 Å². The van der Waals surface area contributed by atoms with Gasteiger partial charge in [-0.2, -0.15) is 0 Å². The third-order valence-electron chi connectivity index (χ3n) is 10.1. The average molecular weight is 799 g/mol. The molecule has 2 heterocycles. The monoisotopic (exact) mass is 796 g/mol. The van der Waals surface area contributed by atoms with E-state index in [1.54, 1.807) is 5.19 Å². The topological polar surface area (TPSA) is 19.1 Å². The minimum absolute atomic E-state index is 0.00982. The van der Waals surface area contributed by atoms with Crippen molar-refractivity contribution in [2.75, 3.05) is 6.61 Å². The molecule has 3 nitrogen and oxygen atoms in total. The summed E-state index contributed by atoms with van der Waals surface area (Å²) in [6.07, 6.45) is 5.12. The van der Waals surface area contributed by atoms with Crippen LogP contribution < -0.4 is 5.19 Å². The number of aromatic nitrogens is 2. The zero-order valence-corrected chi connectivity index (χ0v) is 35.3. The number of benzene rings is 4. The number of rotatable bonds is 8. The van der Waals surface area contributed by atoms with Crippen LogP contribution in [0.15, 0.2) is 103 Å². The van der Waals surface area contributed by atoms with Gasteiger partial charge in [0.1, 0.15) is 0 Å². The Bertz CT molecular complexity index is 2340. The number of nitrogens with zero attached hydrogens (tertiary/aromatic N) is 2. The van der Waals surface area contributed by atoms with E-state index in [2.05, 4.69) is 154 Å². The molecule has 0 radical (unpaired) electrons. The van der Waals surface area contributed by atoms with Crippen molar-refractivity contribution in [3.05, 3.63) is 103 Å². The molecule has 8 rings (SSSR count). The molecule has 0 saturated heterocycles. The molecule has 7 heteroatoms. The molecular formula is C43H48Cl2N2OSiZr. The van der Waals surface area contributed by atoms with Gasteiger partial charge in [0, 0.05) is 40.5 Å². The predicted molar refractivity (Wildman–Crippen MR) is 220 cm³/mol. The van der Waals surface area contributed by atoms with Crippen molar-refractivity contribution in [1.82, 2.24) is 9.13 Å². The number of aryl methyl sites for hydroxylation is 2. The van der Waals surface area contributed by atoms with Gasteiger partial charge in [0.15, 0.2) is 0 Å². The van der Waals surface area contributed by atoms with E-state index in [-0.39, 0.29) is 5.60 Å². The van der Waals surface area contributed by atoms with E-state index < -0.39 is 29.6 Å². The Morgan fingerprint density at radius 3 is 1.94 bits per heavy atom. The van der Waals surface area contributed by atoms with Gasteiger partial charge in [-0.1, -0.05) is 137 Å². The first-order valence-electron chi connectivity index (χ1n) is 17.8. The van der Waals surface area contributed by atoms with Gasteiger partial charge in [-0.3, -0.25) is 0 Å². The molecular weight excluding hydrogens is 751 g/mol. The Kier molecular flexibility index (Phi) is 12.1. The van der Waals surface area contributed by atoms with Gasteiger partial charge in [-0.05, 0) is 50.4 Å². The second kappa shape index (κ2) is 16.3.